The SMILES string of the molecule is CC=CCCCC(=CC)CC=CC. The van der Waals surface area contributed by atoms with Crippen molar-refractivity contribution in [3.8, 4) is 0 Å². The zero-order valence-corrected chi connectivity index (χ0v) is 9.22. The fourth-order valence-electron chi connectivity index (χ4n) is 1.25. The Labute approximate surface area is 83.0 Å². The zero-order valence-electron chi connectivity index (χ0n) is 9.22. The Morgan fingerprint density at radius 2 is 1.69 bits per heavy atom. The van der Waals surface area contributed by atoms with Crippen LogP contribution in [0.1, 0.15) is 46.5 Å². The molecule has 0 aromatic carbocycles. The first kappa shape index (κ1) is 12.2. The minimum absolute atomic E-state index is 1.13. The number of hydrogen-bond acceptors (Lipinski definition) is 0. The number of allylic oxidation sites excluding steroid dienone is 6. The van der Waals surface area contributed by atoms with Crippen LogP contribution in [-0.2, 0) is 0 Å². The molecule has 0 heteroatoms. The molecule has 0 bridgehead atoms. The van der Waals surface area contributed by atoms with E-state index < -0.39 is 0 Å². The topological polar surface area (TPSA) is 0 Å². The summed E-state index contributed by atoms with van der Waals surface area (Å²) in [4.78, 5) is 0. The van der Waals surface area contributed by atoms with Crippen molar-refractivity contribution >= 4 is 0 Å². The third kappa shape index (κ3) is 7.58. The fourth-order valence-corrected chi connectivity index (χ4v) is 1.25. The van der Waals surface area contributed by atoms with E-state index in [2.05, 4.69) is 51.2 Å². The predicted molar refractivity (Wildman–Crippen MR) is 61.9 cm³/mol. The minimum Gasteiger partial charge on any atom is -0.0917 e. The van der Waals surface area contributed by atoms with Gasteiger partial charge in [-0.15, -0.1) is 0 Å². The lowest BCUT2D eigenvalue weighted by atomic mass is 10.0. The molecule has 0 spiro atoms. The third-order valence-electron chi connectivity index (χ3n) is 2.13. The Balaban J connectivity index is 3.61. The molecule has 0 amide bonds. The molecule has 13 heavy (non-hydrogen) atoms. The third-order valence-corrected chi connectivity index (χ3v) is 2.13. The van der Waals surface area contributed by atoms with Gasteiger partial charge in [0.1, 0.15) is 0 Å². The van der Waals surface area contributed by atoms with Crippen molar-refractivity contribution in [2.24, 2.45) is 0 Å². The largest absolute Gasteiger partial charge is 0.0917 e. The summed E-state index contributed by atoms with van der Waals surface area (Å²) in [7, 11) is 0. The molecule has 0 rings (SSSR count). The lowest BCUT2D eigenvalue weighted by Gasteiger charge is -2.01. The Kier molecular flexibility index (Phi) is 8.75. The summed E-state index contributed by atoms with van der Waals surface area (Å²) in [5.74, 6) is 0. The summed E-state index contributed by atoms with van der Waals surface area (Å²) in [6.45, 7) is 6.29. The average molecular weight is 178 g/mol. The molecule has 0 nitrogen and oxygen atoms in total. The van der Waals surface area contributed by atoms with Crippen molar-refractivity contribution in [3.63, 3.8) is 0 Å². The quantitative estimate of drug-likeness (QED) is 0.410. The highest BCUT2D eigenvalue weighted by Crippen LogP contribution is 2.12. The molecular weight excluding hydrogens is 156 g/mol. The van der Waals surface area contributed by atoms with E-state index >= 15 is 0 Å². The van der Waals surface area contributed by atoms with Gasteiger partial charge in [-0.2, -0.15) is 0 Å². The molecule has 74 valence electrons. The van der Waals surface area contributed by atoms with Gasteiger partial charge >= 0.3 is 0 Å². The molecule has 0 saturated heterocycles. The first-order chi connectivity index (χ1) is 6.35. The van der Waals surface area contributed by atoms with E-state index in [1.54, 1.807) is 5.57 Å². The van der Waals surface area contributed by atoms with Gasteiger partial charge in [0.05, 0.1) is 0 Å². The summed E-state index contributed by atoms with van der Waals surface area (Å²) >= 11 is 0. The Hall–Kier alpha value is -0.780. The van der Waals surface area contributed by atoms with Crippen LogP contribution in [0.4, 0.5) is 0 Å². The Morgan fingerprint density at radius 3 is 2.23 bits per heavy atom. The molecule has 0 aliphatic rings. The second kappa shape index (κ2) is 9.31. The maximum Gasteiger partial charge on any atom is -0.0139 e. The normalized spacial score (nSPS) is 13.3. The van der Waals surface area contributed by atoms with Gasteiger partial charge in [0.2, 0.25) is 0 Å². The van der Waals surface area contributed by atoms with Gasteiger partial charge in [-0.1, -0.05) is 36.0 Å². The number of unbranched alkanes of at least 4 members (excludes halogenated alkanes) is 1. The molecule has 0 aliphatic heterocycles. The standard InChI is InChI=1S/C13H22/c1-4-7-9-10-12-13(6-3)11-8-5-2/h4-8H,9-12H2,1-3H3. The zero-order chi connectivity index (χ0) is 9.94. The van der Waals surface area contributed by atoms with E-state index in [-0.39, 0.29) is 0 Å². The Morgan fingerprint density at radius 1 is 1.00 bits per heavy atom. The molecule has 0 fully saturated rings. The van der Waals surface area contributed by atoms with Crippen LogP contribution in [0.25, 0.3) is 0 Å². The molecular formula is C13H22. The Bertz CT molecular complexity index is 182. The number of hydrogen-bond donors (Lipinski definition) is 0. The van der Waals surface area contributed by atoms with Crippen molar-refractivity contribution < 1.29 is 0 Å². The lowest BCUT2D eigenvalue weighted by Crippen LogP contribution is -1.81. The highest BCUT2D eigenvalue weighted by atomic mass is 14.0. The fraction of sp³-hybridized carbons (Fsp3) is 0.538. The van der Waals surface area contributed by atoms with Gasteiger partial charge in [-0.3, -0.25) is 0 Å². The van der Waals surface area contributed by atoms with Crippen LogP contribution in [0.3, 0.4) is 0 Å². The minimum atomic E-state index is 1.13. The molecule has 0 atom stereocenters. The molecule has 0 aromatic heterocycles. The molecule has 0 heterocycles. The molecule has 0 aromatic rings. The second-order valence-electron chi connectivity index (χ2n) is 3.18. The average Bonchev–Trinajstić information content (AvgIpc) is 2.17. The van der Waals surface area contributed by atoms with E-state index in [0.29, 0.717) is 0 Å². The maximum atomic E-state index is 2.25. The summed E-state index contributed by atoms with van der Waals surface area (Å²) in [6, 6.07) is 0. The van der Waals surface area contributed by atoms with Gasteiger partial charge in [0.25, 0.3) is 0 Å². The molecule has 0 saturated carbocycles. The van der Waals surface area contributed by atoms with Crippen LogP contribution in [0.15, 0.2) is 36.0 Å². The van der Waals surface area contributed by atoms with Crippen LogP contribution in [0, 0.1) is 0 Å². The van der Waals surface area contributed by atoms with E-state index in [1.165, 1.54) is 19.3 Å². The van der Waals surface area contributed by atoms with Gasteiger partial charge in [-0.25, -0.2) is 0 Å². The van der Waals surface area contributed by atoms with Crippen molar-refractivity contribution in [2.75, 3.05) is 0 Å². The second-order valence-corrected chi connectivity index (χ2v) is 3.18. The highest BCUT2D eigenvalue weighted by molar-refractivity contribution is 5.06. The van der Waals surface area contributed by atoms with E-state index in [1.807, 2.05) is 0 Å². The van der Waals surface area contributed by atoms with Crippen molar-refractivity contribution in [1.29, 1.82) is 0 Å². The van der Waals surface area contributed by atoms with Crippen molar-refractivity contribution in [1.82, 2.24) is 0 Å². The summed E-state index contributed by atoms with van der Waals surface area (Å²) in [6.07, 6.45) is 15.8. The van der Waals surface area contributed by atoms with Crippen molar-refractivity contribution in [3.05, 3.63) is 36.0 Å². The molecule has 0 N–H and O–H groups in total. The molecule has 0 aliphatic carbocycles. The van der Waals surface area contributed by atoms with Gasteiger partial charge < -0.3 is 0 Å². The summed E-state index contributed by atoms with van der Waals surface area (Å²) < 4.78 is 0. The smallest absolute Gasteiger partial charge is 0.0139 e. The van der Waals surface area contributed by atoms with E-state index in [4.69, 9.17) is 0 Å². The van der Waals surface area contributed by atoms with Crippen LogP contribution >= 0.6 is 0 Å². The van der Waals surface area contributed by atoms with Crippen LogP contribution in [-0.4, -0.2) is 0 Å². The van der Waals surface area contributed by atoms with Crippen LogP contribution in [0.5, 0.6) is 0 Å². The summed E-state index contributed by atoms with van der Waals surface area (Å²) in [5, 5.41) is 0. The van der Waals surface area contributed by atoms with Gasteiger partial charge in [0, 0.05) is 0 Å². The number of rotatable bonds is 6. The highest BCUT2D eigenvalue weighted by Gasteiger charge is 1.92. The van der Waals surface area contributed by atoms with Crippen LogP contribution < -0.4 is 0 Å². The van der Waals surface area contributed by atoms with Crippen LogP contribution in [0.2, 0.25) is 0 Å². The van der Waals surface area contributed by atoms with Crippen molar-refractivity contribution in [2.45, 2.75) is 46.5 Å². The molecule has 0 radical (unpaired) electrons. The van der Waals surface area contributed by atoms with Gasteiger partial charge in [0.15, 0.2) is 0 Å². The summed E-state index contributed by atoms with van der Waals surface area (Å²) in [5.41, 5.74) is 1.56. The monoisotopic (exact) mass is 178 g/mol. The van der Waals surface area contributed by atoms with Gasteiger partial charge in [-0.05, 0) is 46.5 Å². The first-order valence-corrected chi connectivity index (χ1v) is 5.21. The van der Waals surface area contributed by atoms with E-state index in [0.717, 1.165) is 6.42 Å². The predicted octanol–water partition coefficient (Wildman–Crippen LogP) is 4.65. The first-order valence-electron chi connectivity index (χ1n) is 5.21. The maximum absolute atomic E-state index is 2.25. The van der Waals surface area contributed by atoms with E-state index in [9.17, 15) is 0 Å². The molecule has 0 unspecified atom stereocenters. The lowest BCUT2D eigenvalue weighted by molar-refractivity contribution is 0.814.